The Kier molecular flexibility index (Phi) is 4.65. The minimum absolute atomic E-state index is 0.0177. The average Bonchev–Trinajstić information content (AvgIpc) is 2.47. The standard InChI is InChI=1S/C13H16N2O5/c1-19-13(16)10-2-3-12(15(17)18)11(8-10)9-14-4-6-20-7-5-14/h2-3,8H,4-7,9H2,1H3. The van der Waals surface area contributed by atoms with Gasteiger partial charge in [0, 0.05) is 31.3 Å². The number of methoxy groups -OCH3 is 1. The van der Waals surface area contributed by atoms with E-state index in [4.69, 9.17) is 4.74 Å². The van der Waals surface area contributed by atoms with E-state index in [1.54, 1.807) is 0 Å². The van der Waals surface area contributed by atoms with Crippen LogP contribution in [0.15, 0.2) is 18.2 Å². The highest BCUT2D eigenvalue weighted by Gasteiger charge is 2.20. The third-order valence-electron chi connectivity index (χ3n) is 3.19. The van der Waals surface area contributed by atoms with E-state index in [1.807, 2.05) is 0 Å². The molecule has 0 atom stereocenters. The van der Waals surface area contributed by atoms with Crippen LogP contribution in [0, 0.1) is 10.1 Å². The van der Waals surface area contributed by atoms with Gasteiger partial charge in [-0.25, -0.2) is 4.79 Å². The lowest BCUT2D eigenvalue weighted by Crippen LogP contribution is -2.35. The van der Waals surface area contributed by atoms with E-state index < -0.39 is 10.9 Å². The minimum atomic E-state index is -0.497. The normalized spacial score (nSPS) is 15.8. The number of nitro benzene ring substituents is 1. The fourth-order valence-electron chi connectivity index (χ4n) is 2.14. The fourth-order valence-corrected chi connectivity index (χ4v) is 2.14. The molecule has 7 heteroatoms. The molecule has 1 aromatic rings. The smallest absolute Gasteiger partial charge is 0.337 e. The second-order valence-corrected chi connectivity index (χ2v) is 4.48. The fraction of sp³-hybridized carbons (Fsp3) is 0.462. The summed E-state index contributed by atoms with van der Waals surface area (Å²) in [5.41, 5.74) is 0.852. The quantitative estimate of drug-likeness (QED) is 0.468. The molecule has 0 saturated carbocycles. The van der Waals surface area contributed by atoms with Crippen molar-refractivity contribution in [3.63, 3.8) is 0 Å². The molecule has 20 heavy (non-hydrogen) atoms. The van der Waals surface area contributed by atoms with E-state index in [0.717, 1.165) is 13.1 Å². The van der Waals surface area contributed by atoms with Gasteiger partial charge in [0.1, 0.15) is 0 Å². The Morgan fingerprint density at radius 1 is 1.45 bits per heavy atom. The van der Waals surface area contributed by atoms with Gasteiger partial charge in [0.15, 0.2) is 0 Å². The summed E-state index contributed by atoms with van der Waals surface area (Å²) in [4.78, 5) is 24.2. The number of ether oxygens (including phenoxy) is 2. The van der Waals surface area contributed by atoms with E-state index in [2.05, 4.69) is 9.64 Å². The number of esters is 1. The molecule has 0 aliphatic carbocycles. The first-order chi connectivity index (χ1) is 9.61. The Morgan fingerprint density at radius 2 is 2.15 bits per heavy atom. The molecule has 0 spiro atoms. The number of carbonyl (C=O) groups is 1. The number of carbonyl (C=O) groups excluding carboxylic acids is 1. The number of rotatable bonds is 4. The monoisotopic (exact) mass is 280 g/mol. The summed E-state index contributed by atoms with van der Waals surface area (Å²) in [6.07, 6.45) is 0. The highest BCUT2D eigenvalue weighted by atomic mass is 16.6. The Hall–Kier alpha value is -1.99. The van der Waals surface area contributed by atoms with Crippen molar-refractivity contribution in [1.29, 1.82) is 0 Å². The van der Waals surface area contributed by atoms with Gasteiger partial charge < -0.3 is 9.47 Å². The average molecular weight is 280 g/mol. The van der Waals surface area contributed by atoms with Crippen LogP contribution in [0.25, 0.3) is 0 Å². The maximum Gasteiger partial charge on any atom is 0.337 e. The van der Waals surface area contributed by atoms with Crippen LogP contribution in [-0.4, -0.2) is 49.2 Å². The van der Waals surface area contributed by atoms with E-state index >= 15 is 0 Å². The zero-order chi connectivity index (χ0) is 14.5. The van der Waals surface area contributed by atoms with Gasteiger partial charge in [0.25, 0.3) is 5.69 Å². The van der Waals surface area contributed by atoms with E-state index in [9.17, 15) is 14.9 Å². The van der Waals surface area contributed by atoms with Gasteiger partial charge in [0.2, 0.25) is 0 Å². The Bertz CT molecular complexity index is 511. The molecule has 2 rings (SSSR count). The number of hydrogen-bond acceptors (Lipinski definition) is 6. The van der Waals surface area contributed by atoms with Crippen LogP contribution < -0.4 is 0 Å². The molecule has 0 bridgehead atoms. The molecule has 0 radical (unpaired) electrons. The molecule has 0 aromatic heterocycles. The first-order valence-corrected chi connectivity index (χ1v) is 6.27. The van der Waals surface area contributed by atoms with Crippen LogP contribution in [0.5, 0.6) is 0 Å². The first kappa shape index (κ1) is 14.4. The number of benzene rings is 1. The molecule has 1 aliphatic heterocycles. The summed E-state index contributed by atoms with van der Waals surface area (Å²) in [5, 5.41) is 11.1. The third kappa shape index (κ3) is 3.31. The zero-order valence-electron chi connectivity index (χ0n) is 11.2. The van der Waals surface area contributed by atoms with Gasteiger partial charge in [-0.1, -0.05) is 0 Å². The number of nitro groups is 1. The van der Waals surface area contributed by atoms with Crippen molar-refractivity contribution >= 4 is 11.7 Å². The summed E-state index contributed by atoms with van der Waals surface area (Å²) in [5.74, 6) is -0.497. The van der Waals surface area contributed by atoms with Crippen molar-refractivity contribution in [2.45, 2.75) is 6.54 Å². The lowest BCUT2D eigenvalue weighted by molar-refractivity contribution is -0.385. The Morgan fingerprint density at radius 3 is 2.75 bits per heavy atom. The lowest BCUT2D eigenvalue weighted by atomic mass is 10.1. The molecular weight excluding hydrogens is 264 g/mol. The molecule has 1 fully saturated rings. The topological polar surface area (TPSA) is 81.9 Å². The van der Waals surface area contributed by atoms with E-state index in [0.29, 0.717) is 30.9 Å². The molecule has 1 aliphatic rings. The van der Waals surface area contributed by atoms with Crippen molar-refractivity contribution in [3.8, 4) is 0 Å². The Labute approximate surface area is 116 Å². The zero-order valence-corrected chi connectivity index (χ0v) is 11.2. The van der Waals surface area contributed by atoms with Crippen LogP contribution in [-0.2, 0) is 16.0 Å². The molecule has 0 N–H and O–H groups in total. The Balaban J connectivity index is 2.26. The SMILES string of the molecule is COC(=O)c1ccc([N+](=O)[O-])c(CN2CCOCC2)c1. The van der Waals surface area contributed by atoms with Gasteiger partial charge in [-0.05, 0) is 12.1 Å². The second-order valence-electron chi connectivity index (χ2n) is 4.48. The number of hydrogen-bond donors (Lipinski definition) is 0. The predicted octanol–water partition coefficient (Wildman–Crippen LogP) is 1.21. The summed E-state index contributed by atoms with van der Waals surface area (Å²) < 4.78 is 9.88. The molecule has 1 heterocycles. The summed E-state index contributed by atoms with van der Waals surface area (Å²) >= 11 is 0. The molecule has 0 amide bonds. The molecule has 0 unspecified atom stereocenters. The lowest BCUT2D eigenvalue weighted by Gasteiger charge is -2.26. The van der Waals surface area contributed by atoms with Gasteiger partial charge in [0.05, 0.1) is 30.8 Å². The van der Waals surface area contributed by atoms with Crippen molar-refractivity contribution in [3.05, 3.63) is 39.4 Å². The molecule has 108 valence electrons. The van der Waals surface area contributed by atoms with Crippen molar-refractivity contribution in [1.82, 2.24) is 4.90 Å². The van der Waals surface area contributed by atoms with Crippen molar-refractivity contribution < 1.29 is 19.2 Å². The molecule has 1 saturated heterocycles. The van der Waals surface area contributed by atoms with Crippen LogP contribution >= 0.6 is 0 Å². The molecule has 1 aromatic carbocycles. The van der Waals surface area contributed by atoms with Gasteiger partial charge in [-0.3, -0.25) is 15.0 Å². The van der Waals surface area contributed by atoms with Crippen LogP contribution in [0.4, 0.5) is 5.69 Å². The molecule has 7 nitrogen and oxygen atoms in total. The van der Waals surface area contributed by atoms with Crippen LogP contribution in [0.1, 0.15) is 15.9 Å². The predicted molar refractivity (Wildman–Crippen MR) is 70.5 cm³/mol. The number of morpholine rings is 1. The van der Waals surface area contributed by atoms with E-state index in [-0.39, 0.29) is 5.69 Å². The van der Waals surface area contributed by atoms with Crippen molar-refractivity contribution in [2.24, 2.45) is 0 Å². The molecular formula is C13H16N2O5. The summed E-state index contributed by atoms with van der Waals surface area (Å²) in [7, 11) is 1.28. The van der Waals surface area contributed by atoms with Crippen LogP contribution in [0.3, 0.4) is 0 Å². The summed E-state index contributed by atoms with van der Waals surface area (Å²) in [6.45, 7) is 3.10. The van der Waals surface area contributed by atoms with Crippen molar-refractivity contribution in [2.75, 3.05) is 33.4 Å². The largest absolute Gasteiger partial charge is 0.465 e. The maximum absolute atomic E-state index is 11.5. The van der Waals surface area contributed by atoms with Gasteiger partial charge in [-0.15, -0.1) is 0 Å². The van der Waals surface area contributed by atoms with Gasteiger partial charge >= 0.3 is 5.97 Å². The third-order valence-corrected chi connectivity index (χ3v) is 3.19. The maximum atomic E-state index is 11.5. The minimum Gasteiger partial charge on any atom is -0.465 e. The van der Waals surface area contributed by atoms with Gasteiger partial charge in [-0.2, -0.15) is 0 Å². The highest BCUT2D eigenvalue weighted by molar-refractivity contribution is 5.89. The van der Waals surface area contributed by atoms with E-state index in [1.165, 1.54) is 25.3 Å². The second kappa shape index (κ2) is 6.44. The highest BCUT2D eigenvalue weighted by Crippen LogP contribution is 2.22. The first-order valence-electron chi connectivity index (χ1n) is 6.27. The van der Waals surface area contributed by atoms with Crippen LogP contribution in [0.2, 0.25) is 0 Å². The summed E-state index contributed by atoms with van der Waals surface area (Å²) in [6, 6.07) is 4.29. The number of nitrogens with zero attached hydrogens (tertiary/aromatic N) is 2.